The summed E-state index contributed by atoms with van der Waals surface area (Å²) >= 11 is 6.22. The first kappa shape index (κ1) is 25.8. The van der Waals surface area contributed by atoms with Crippen LogP contribution in [0.5, 0.6) is 0 Å². The van der Waals surface area contributed by atoms with Crippen molar-refractivity contribution < 1.29 is 13.2 Å². The van der Waals surface area contributed by atoms with E-state index in [1.54, 1.807) is 50.4 Å². The number of nitrogen functional groups attached to an aromatic ring is 1. The molecule has 10 nitrogen and oxygen atoms in total. The third-order valence-corrected chi connectivity index (χ3v) is 8.23. The lowest BCUT2D eigenvalue weighted by Gasteiger charge is -2.19. The van der Waals surface area contributed by atoms with Gasteiger partial charge >= 0.3 is 0 Å². The summed E-state index contributed by atoms with van der Waals surface area (Å²) in [7, 11) is -2.06. The van der Waals surface area contributed by atoms with Crippen molar-refractivity contribution in [2.75, 3.05) is 5.73 Å². The number of hydrogen-bond donors (Lipinski definition) is 3. The summed E-state index contributed by atoms with van der Waals surface area (Å²) in [6.07, 6.45) is 3.02. The van der Waals surface area contributed by atoms with Crippen LogP contribution in [-0.2, 0) is 17.1 Å². The van der Waals surface area contributed by atoms with E-state index in [-0.39, 0.29) is 33.7 Å². The quantitative estimate of drug-likeness (QED) is 0.319. The summed E-state index contributed by atoms with van der Waals surface area (Å²) in [6.45, 7) is 1.73. The van der Waals surface area contributed by atoms with Crippen LogP contribution >= 0.6 is 11.6 Å². The van der Waals surface area contributed by atoms with Crippen molar-refractivity contribution in [1.29, 1.82) is 0 Å². The molecule has 0 spiro atoms. The van der Waals surface area contributed by atoms with Crippen LogP contribution in [-0.4, -0.2) is 34.9 Å². The maximum atomic E-state index is 13.2. The van der Waals surface area contributed by atoms with E-state index in [1.165, 1.54) is 22.9 Å². The van der Waals surface area contributed by atoms with Gasteiger partial charge in [0.1, 0.15) is 0 Å². The monoisotopic (exact) mass is 552 g/mol. The number of rotatable bonds is 7. The Labute approximate surface area is 223 Å². The van der Waals surface area contributed by atoms with E-state index in [4.69, 9.17) is 17.3 Å². The third-order valence-electron chi connectivity index (χ3n) is 6.40. The number of amides is 1. The van der Waals surface area contributed by atoms with Crippen LogP contribution in [0.4, 0.5) is 5.82 Å². The normalized spacial score (nSPS) is 14.4. The number of nitrogens with two attached hydrogens (primary N) is 1. The Balaban J connectivity index is 1.43. The minimum absolute atomic E-state index is 0.0312. The molecule has 0 bridgehead atoms. The highest BCUT2D eigenvalue weighted by molar-refractivity contribution is 7.89. The zero-order valence-corrected chi connectivity index (χ0v) is 22.2. The fourth-order valence-electron chi connectivity index (χ4n) is 4.20. The van der Waals surface area contributed by atoms with Gasteiger partial charge in [0, 0.05) is 24.3 Å². The number of benzene rings is 2. The fourth-order valence-corrected chi connectivity index (χ4v) is 5.81. The molecule has 0 radical (unpaired) electrons. The molecule has 2 aromatic heterocycles. The zero-order chi connectivity index (χ0) is 27.2. The van der Waals surface area contributed by atoms with E-state index in [1.807, 2.05) is 0 Å². The highest BCUT2D eigenvalue weighted by Crippen LogP contribution is 2.26. The Morgan fingerprint density at radius 2 is 1.92 bits per heavy atom. The number of aromatic nitrogens is 3. The molecule has 1 aliphatic rings. The van der Waals surface area contributed by atoms with Crippen LogP contribution in [0.1, 0.15) is 42.0 Å². The number of carbonyl (C=O) groups excluding carboxylic acids is 1. The van der Waals surface area contributed by atoms with Crippen LogP contribution in [0.25, 0.3) is 22.0 Å². The number of sulfonamides is 1. The lowest BCUT2D eigenvalue weighted by molar-refractivity contribution is 0.0934. The van der Waals surface area contributed by atoms with Crippen LogP contribution < -0.4 is 21.3 Å². The van der Waals surface area contributed by atoms with Gasteiger partial charge in [-0.15, -0.1) is 0 Å². The van der Waals surface area contributed by atoms with E-state index in [9.17, 15) is 18.0 Å². The van der Waals surface area contributed by atoms with Gasteiger partial charge in [-0.3, -0.25) is 9.59 Å². The average molecular weight is 553 g/mol. The Hall–Kier alpha value is -3.80. The molecule has 0 saturated heterocycles. The highest BCUT2D eigenvalue weighted by Gasteiger charge is 2.28. The lowest BCUT2D eigenvalue weighted by atomic mass is 10.1. The van der Waals surface area contributed by atoms with Crippen molar-refractivity contribution in [3.05, 3.63) is 81.5 Å². The largest absolute Gasteiger partial charge is 0.382 e. The van der Waals surface area contributed by atoms with E-state index >= 15 is 0 Å². The second-order valence-electron chi connectivity index (χ2n) is 9.25. The molecule has 0 aliphatic heterocycles. The van der Waals surface area contributed by atoms with Crippen molar-refractivity contribution in [2.24, 2.45) is 7.05 Å². The summed E-state index contributed by atoms with van der Waals surface area (Å²) < 4.78 is 29.4. The SMILES string of the molecule is CC(NC(=O)c1nc(-c2cccc(S(=O)(=O)NC3CC3)c2)cnc1N)c1cc2cccc(Cl)c2c(=O)n1C. The van der Waals surface area contributed by atoms with Gasteiger partial charge in [-0.2, -0.15) is 0 Å². The molecular weight excluding hydrogens is 528 g/mol. The number of nitrogens with one attached hydrogen (secondary N) is 2. The third kappa shape index (κ3) is 5.00. The van der Waals surface area contributed by atoms with Crippen LogP contribution in [0.2, 0.25) is 5.02 Å². The Morgan fingerprint density at radius 1 is 1.18 bits per heavy atom. The molecule has 1 unspecified atom stereocenters. The van der Waals surface area contributed by atoms with Crippen molar-refractivity contribution in [3.8, 4) is 11.3 Å². The fraction of sp³-hybridized carbons (Fsp3) is 0.231. The van der Waals surface area contributed by atoms with Gasteiger partial charge in [0.05, 0.1) is 33.2 Å². The molecule has 4 N–H and O–H groups in total. The molecule has 1 amide bonds. The molecule has 1 aliphatic carbocycles. The van der Waals surface area contributed by atoms with Gasteiger partial charge in [0.15, 0.2) is 11.5 Å². The summed E-state index contributed by atoms with van der Waals surface area (Å²) in [5, 5.41) is 4.23. The number of halogens is 1. The van der Waals surface area contributed by atoms with Gasteiger partial charge in [-0.1, -0.05) is 35.9 Å². The number of pyridine rings is 1. The minimum Gasteiger partial charge on any atom is -0.382 e. The minimum atomic E-state index is -3.67. The molecular formula is C26H25ClN6O4S. The molecule has 4 aromatic rings. The first-order valence-corrected chi connectivity index (χ1v) is 13.8. The summed E-state index contributed by atoms with van der Waals surface area (Å²) in [5.74, 6) is -0.682. The van der Waals surface area contributed by atoms with E-state index < -0.39 is 22.0 Å². The first-order chi connectivity index (χ1) is 18.0. The van der Waals surface area contributed by atoms with Crippen LogP contribution in [0.15, 0.2) is 64.4 Å². The number of nitrogens with zero attached hydrogens (tertiary/aromatic N) is 3. The second kappa shape index (κ2) is 9.82. The highest BCUT2D eigenvalue weighted by atomic mass is 35.5. The standard InChI is InChI=1S/C26H25ClN6O4S/c1-14(21-12-16-6-4-8-19(27)22(16)26(35)33(21)2)30-25(34)23-24(28)29-13-20(31-23)15-5-3-7-18(11-15)38(36,37)32-17-9-10-17/h3-8,11-14,17,32H,9-10H2,1-2H3,(H2,28,29)(H,30,34). The lowest BCUT2D eigenvalue weighted by Crippen LogP contribution is -2.32. The molecule has 12 heteroatoms. The Kier molecular flexibility index (Phi) is 6.68. The van der Waals surface area contributed by atoms with Crippen molar-refractivity contribution >= 4 is 44.1 Å². The zero-order valence-electron chi connectivity index (χ0n) is 20.6. The molecule has 2 aromatic carbocycles. The molecule has 1 saturated carbocycles. The maximum Gasteiger partial charge on any atom is 0.274 e. The molecule has 5 rings (SSSR count). The predicted octanol–water partition coefficient (Wildman–Crippen LogP) is 3.16. The van der Waals surface area contributed by atoms with Gasteiger partial charge < -0.3 is 15.6 Å². The van der Waals surface area contributed by atoms with Crippen molar-refractivity contribution in [2.45, 2.75) is 36.7 Å². The summed E-state index contributed by atoms with van der Waals surface area (Å²) in [6, 6.07) is 12.6. The summed E-state index contributed by atoms with van der Waals surface area (Å²) in [4.78, 5) is 34.7. The van der Waals surface area contributed by atoms with Crippen LogP contribution in [0.3, 0.4) is 0 Å². The van der Waals surface area contributed by atoms with Gasteiger partial charge in [0.25, 0.3) is 11.5 Å². The van der Waals surface area contributed by atoms with E-state index in [0.717, 1.165) is 12.8 Å². The Bertz CT molecular complexity index is 1750. The molecule has 196 valence electrons. The van der Waals surface area contributed by atoms with Gasteiger partial charge in [-0.25, -0.2) is 23.1 Å². The predicted molar refractivity (Wildman–Crippen MR) is 145 cm³/mol. The average Bonchev–Trinajstić information content (AvgIpc) is 3.69. The molecule has 1 fully saturated rings. The topological polar surface area (TPSA) is 149 Å². The smallest absolute Gasteiger partial charge is 0.274 e. The second-order valence-corrected chi connectivity index (χ2v) is 11.4. The van der Waals surface area contributed by atoms with Crippen molar-refractivity contribution in [3.63, 3.8) is 0 Å². The summed E-state index contributed by atoms with van der Waals surface area (Å²) in [5.41, 5.74) is 6.89. The maximum absolute atomic E-state index is 13.2. The number of carbonyl (C=O) groups is 1. The van der Waals surface area contributed by atoms with Crippen molar-refractivity contribution in [1.82, 2.24) is 24.6 Å². The van der Waals surface area contributed by atoms with E-state index in [0.29, 0.717) is 27.1 Å². The molecule has 38 heavy (non-hydrogen) atoms. The Morgan fingerprint density at radius 3 is 2.66 bits per heavy atom. The van der Waals surface area contributed by atoms with Crippen LogP contribution in [0, 0.1) is 0 Å². The molecule has 1 atom stereocenters. The number of anilines is 1. The molecule has 2 heterocycles. The first-order valence-electron chi connectivity index (χ1n) is 11.9. The van der Waals surface area contributed by atoms with Gasteiger partial charge in [0.2, 0.25) is 10.0 Å². The van der Waals surface area contributed by atoms with Gasteiger partial charge in [-0.05, 0) is 49.4 Å². The number of fused-ring (bicyclic) bond motifs is 1. The number of hydrogen-bond acceptors (Lipinski definition) is 7. The van der Waals surface area contributed by atoms with E-state index in [2.05, 4.69) is 20.0 Å².